The van der Waals surface area contributed by atoms with E-state index in [1.165, 1.54) is 36.4 Å². The van der Waals surface area contributed by atoms with Gasteiger partial charge in [0, 0.05) is 24.3 Å². The summed E-state index contributed by atoms with van der Waals surface area (Å²) in [6.07, 6.45) is 48.8. The lowest BCUT2D eigenvalue weighted by molar-refractivity contribution is -0.138. The maximum atomic E-state index is 14.1. The molecule has 132 heavy (non-hydrogen) atoms. The summed E-state index contributed by atoms with van der Waals surface area (Å²) in [7, 11) is 0. The Morgan fingerprint density at radius 2 is 0.402 bits per heavy atom. The Morgan fingerprint density at radius 3 is 0.598 bits per heavy atom. The van der Waals surface area contributed by atoms with Crippen molar-refractivity contribution in [3.63, 3.8) is 0 Å². The summed E-state index contributed by atoms with van der Waals surface area (Å²) in [6, 6.07) is 32.3. The molecule has 0 spiro atoms. The summed E-state index contributed by atoms with van der Waals surface area (Å²) in [5.74, 6) is -3.80. The van der Waals surface area contributed by atoms with Gasteiger partial charge in [-0.25, -0.2) is 38.4 Å². The average molecular weight is 1820 g/mol. The zero-order valence-corrected chi connectivity index (χ0v) is 78.0. The van der Waals surface area contributed by atoms with E-state index in [1.54, 1.807) is 109 Å². The van der Waals surface area contributed by atoms with E-state index in [9.17, 15) is 47.9 Å². The number of aryl methyl sites for hydroxylation is 2. The Morgan fingerprint density at radius 1 is 0.220 bits per heavy atom. The summed E-state index contributed by atoms with van der Waals surface area (Å²) in [6.45, 7) is 17.4. The van der Waals surface area contributed by atoms with E-state index < -0.39 is 35.7 Å². The fraction of sp³-hybridized carbons (Fsp3) is 0.500. The fourth-order valence-electron chi connectivity index (χ4n) is 14.9. The standard InChI is InChI=1S/C108H144N2O22/c1-5-97(111)125-75-49-39-29-19-9-15-25-35-45-71-121-89-63-55-83(56-64-89)105(117)129-93-79-87(101(95(81-93)103(109)115)131-107(119)85-59-67-91(68-60-85)123-73-47-37-27-17-11-21-31-41-51-77-127-99(113)7-3)53-43-33-23-13-14-24-34-44-54-88-80-94(130-106(118)84-57-65-90(66-58-84)122-72-46-36-26-16-10-20-30-40-50-76-126-98(112)6-2)82-96(104(110)116)102(88)132-108(120)86-61-69-92(70-62-86)124-74-48-38-28-18-12-22-32-42-52-78-128-100(114)8-4/h5-8,55-70,79-82H,1-4,9-54,71-78H2,(H2,109,115)(H2,110,116). The Labute approximate surface area is 782 Å². The largest absolute Gasteiger partial charge is 0.494 e. The number of ether oxygens (including phenoxy) is 12. The van der Waals surface area contributed by atoms with Gasteiger partial charge >= 0.3 is 47.8 Å². The summed E-state index contributed by atoms with van der Waals surface area (Å²) in [5.41, 5.74) is 13.6. The SMILES string of the molecule is C=CC(=O)OCCCCCCCCCCCOc1ccc(C(=O)Oc2cc(CCCCCCCCCCc3cc(OC(=O)c4ccc(OCCCCCCCCCCCOC(=O)C=C)cc4)cc(C(N)=O)c3OC(=O)c3ccc(OCCCCCCCCCCCOC(=O)C=C)cc3)c(OC(=O)c3ccc(OCCCCCCCCCCCOC(=O)C=C)cc3)c(C(N)=O)c2)cc1. The monoisotopic (exact) mass is 1820 g/mol. The van der Waals surface area contributed by atoms with Crippen LogP contribution in [-0.2, 0) is 51.0 Å². The number of hydrogen-bond donors (Lipinski definition) is 2. The van der Waals surface area contributed by atoms with Gasteiger partial charge in [0.15, 0.2) is 0 Å². The normalized spacial score (nSPS) is 10.9. The first-order valence-electron chi connectivity index (χ1n) is 48.3. The molecule has 0 aliphatic heterocycles. The van der Waals surface area contributed by atoms with Crippen molar-refractivity contribution in [1.82, 2.24) is 0 Å². The van der Waals surface area contributed by atoms with Crippen molar-refractivity contribution >= 4 is 59.6 Å². The first kappa shape index (κ1) is 109. The highest BCUT2D eigenvalue weighted by molar-refractivity contribution is 6.01. The predicted molar refractivity (Wildman–Crippen MR) is 513 cm³/mol. The number of hydrogen-bond acceptors (Lipinski definition) is 22. The van der Waals surface area contributed by atoms with Crippen LogP contribution < -0.4 is 49.4 Å². The lowest BCUT2D eigenvalue weighted by atomic mass is 9.99. The molecule has 0 fully saturated rings. The molecule has 0 saturated heterocycles. The second-order valence-corrected chi connectivity index (χ2v) is 33.2. The Hall–Kier alpha value is -11.8. The highest BCUT2D eigenvalue weighted by Crippen LogP contribution is 2.36. The number of carbonyl (C=O) groups is 10. The Kier molecular flexibility index (Phi) is 56.3. The van der Waals surface area contributed by atoms with Crippen LogP contribution in [0, 0.1) is 0 Å². The van der Waals surface area contributed by atoms with E-state index in [0.717, 1.165) is 270 Å². The van der Waals surface area contributed by atoms with E-state index in [0.29, 0.717) is 113 Å². The van der Waals surface area contributed by atoms with Crippen LogP contribution in [0.4, 0.5) is 0 Å². The van der Waals surface area contributed by atoms with Crippen LogP contribution in [0.25, 0.3) is 0 Å². The van der Waals surface area contributed by atoms with E-state index >= 15 is 0 Å². The third-order valence-electron chi connectivity index (χ3n) is 22.5. The van der Waals surface area contributed by atoms with Gasteiger partial charge in [0.1, 0.15) is 46.0 Å². The lowest BCUT2D eigenvalue weighted by Gasteiger charge is -2.16. The van der Waals surface area contributed by atoms with E-state index in [4.69, 9.17) is 68.3 Å². The zero-order valence-electron chi connectivity index (χ0n) is 78.0. The molecule has 0 heterocycles. The van der Waals surface area contributed by atoms with Crippen molar-refractivity contribution in [2.24, 2.45) is 11.5 Å². The quantitative estimate of drug-likeness (QED) is 0.0118. The van der Waals surface area contributed by atoms with Gasteiger partial charge in [-0.3, -0.25) is 9.59 Å². The second-order valence-electron chi connectivity index (χ2n) is 33.2. The second kappa shape index (κ2) is 68.2. The van der Waals surface area contributed by atoms with Crippen molar-refractivity contribution in [3.8, 4) is 46.0 Å². The van der Waals surface area contributed by atoms with E-state index in [2.05, 4.69) is 26.3 Å². The smallest absolute Gasteiger partial charge is 0.343 e. The molecule has 0 aliphatic carbocycles. The first-order chi connectivity index (χ1) is 64.4. The molecule has 0 bridgehead atoms. The molecule has 0 aromatic heterocycles. The van der Waals surface area contributed by atoms with Gasteiger partial charge in [0.05, 0.1) is 86.2 Å². The van der Waals surface area contributed by atoms with Crippen LogP contribution in [0.15, 0.2) is 172 Å². The van der Waals surface area contributed by atoms with Gasteiger partial charge in [0.25, 0.3) is 11.8 Å². The molecule has 6 aromatic carbocycles. The molecule has 24 nitrogen and oxygen atoms in total. The number of rotatable bonds is 77. The lowest BCUT2D eigenvalue weighted by Crippen LogP contribution is -2.18. The molecule has 0 aliphatic rings. The molecule has 718 valence electrons. The minimum absolute atomic E-state index is 0.0351. The summed E-state index contributed by atoms with van der Waals surface area (Å²) in [5, 5.41) is 0. The Bertz CT molecular complexity index is 4160. The van der Waals surface area contributed by atoms with Crippen LogP contribution in [0.3, 0.4) is 0 Å². The molecular weight excluding hydrogens is 1680 g/mol. The number of carbonyl (C=O) groups excluding carboxylic acids is 10. The van der Waals surface area contributed by atoms with Crippen LogP contribution in [-0.4, -0.2) is 112 Å². The molecule has 0 saturated carbocycles. The maximum Gasteiger partial charge on any atom is 0.343 e. The summed E-state index contributed by atoms with van der Waals surface area (Å²) >= 11 is 0. The summed E-state index contributed by atoms with van der Waals surface area (Å²) in [4.78, 5) is 128. The molecule has 0 atom stereocenters. The van der Waals surface area contributed by atoms with Gasteiger partial charge in [-0.1, -0.05) is 245 Å². The van der Waals surface area contributed by atoms with Crippen molar-refractivity contribution in [2.45, 2.75) is 295 Å². The number of benzene rings is 6. The highest BCUT2D eigenvalue weighted by Gasteiger charge is 2.26. The molecular formula is C108H144N2O22. The number of unbranched alkanes of at least 4 members (excludes halogenated alkanes) is 39. The van der Waals surface area contributed by atoms with Crippen molar-refractivity contribution in [1.29, 1.82) is 0 Å². The Balaban J connectivity index is 1.05. The summed E-state index contributed by atoms with van der Waals surface area (Å²) < 4.78 is 68.4. The van der Waals surface area contributed by atoms with Crippen molar-refractivity contribution < 1.29 is 105 Å². The van der Waals surface area contributed by atoms with Crippen molar-refractivity contribution in [2.75, 3.05) is 52.9 Å². The van der Waals surface area contributed by atoms with Crippen LogP contribution in [0.1, 0.15) is 356 Å². The first-order valence-corrected chi connectivity index (χ1v) is 48.3. The van der Waals surface area contributed by atoms with Crippen LogP contribution in [0.5, 0.6) is 46.0 Å². The molecule has 4 N–H and O–H groups in total. The molecule has 24 heteroatoms. The number of primary amides is 2. The average Bonchev–Trinajstić information content (AvgIpc) is 0.803. The van der Waals surface area contributed by atoms with E-state index in [-0.39, 0.29) is 80.3 Å². The predicted octanol–water partition coefficient (Wildman–Crippen LogP) is 24.1. The van der Waals surface area contributed by atoms with Crippen LogP contribution >= 0.6 is 0 Å². The third kappa shape index (κ3) is 47.3. The topological polar surface area (TPSA) is 333 Å². The zero-order chi connectivity index (χ0) is 94.7. The molecule has 0 radical (unpaired) electrons. The molecule has 2 amide bonds. The van der Waals surface area contributed by atoms with Crippen LogP contribution in [0.2, 0.25) is 0 Å². The van der Waals surface area contributed by atoms with Gasteiger partial charge in [0.2, 0.25) is 0 Å². The molecule has 0 unspecified atom stereocenters. The molecule has 6 aromatic rings. The number of nitrogens with two attached hydrogens (primary N) is 2. The van der Waals surface area contributed by atoms with Crippen molar-refractivity contribution in [3.05, 3.63) is 216 Å². The van der Waals surface area contributed by atoms with Gasteiger partial charge in [-0.2, -0.15) is 0 Å². The van der Waals surface area contributed by atoms with Gasteiger partial charge < -0.3 is 68.3 Å². The fourth-order valence-corrected chi connectivity index (χ4v) is 14.9. The third-order valence-corrected chi connectivity index (χ3v) is 22.5. The number of amides is 2. The van der Waals surface area contributed by atoms with Gasteiger partial charge in [-0.15, -0.1) is 0 Å². The highest BCUT2D eigenvalue weighted by atomic mass is 16.6. The van der Waals surface area contributed by atoms with E-state index in [1.807, 2.05) is 0 Å². The minimum atomic E-state index is -0.896. The number of esters is 8. The van der Waals surface area contributed by atoms with Gasteiger partial charge in [-0.05, 0) is 210 Å². The molecule has 6 rings (SSSR count). The maximum absolute atomic E-state index is 14.1. The minimum Gasteiger partial charge on any atom is -0.494 e.